The third-order valence-electron chi connectivity index (χ3n) is 5.48. The van der Waals surface area contributed by atoms with Crippen molar-refractivity contribution in [2.75, 3.05) is 11.9 Å². The number of carbonyl (C=O) groups excluding carboxylic acids is 1. The summed E-state index contributed by atoms with van der Waals surface area (Å²) in [6.07, 6.45) is 0.752. The minimum atomic E-state index is -1.07. The Morgan fingerprint density at radius 2 is 1.97 bits per heavy atom. The largest absolute Gasteiger partial charge is 0.465 e. The van der Waals surface area contributed by atoms with Gasteiger partial charge in [-0.25, -0.2) is 9.18 Å². The molecule has 1 saturated heterocycles. The summed E-state index contributed by atoms with van der Waals surface area (Å²) in [5, 5.41) is 27.0. The molecule has 1 aromatic heterocycles. The summed E-state index contributed by atoms with van der Waals surface area (Å²) in [5.74, 6) is -1.62. The number of nitrogens with zero attached hydrogens (tertiary/aromatic N) is 4. The summed E-state index contributed by atoms with van der Waals surface area (Å²) in [6.45, 7) is 5.89. The van der Waals surface area contributed by atoms with E-state index in [1.165, 1.54) is 40.0 Å². The number of carbonyl (C=O) groups is 2. The van der Waals surface area contributed by atoms with Crippen molar-refractivity contribution >= 4 is 23.5 Å². The maximum absolute atomic E-state index is 13.2. The standard InChI is InChI=1S/C21H25FN6O3/c1-21(2,3)17-14(10-23)16(8-9-27(17)20(30)31)28-11-15(18(24)29)19(26-28)25-13-6-4-12(22)5-7-13/h4-7,11,14,16-17H,8-9H2,1-3H3,(H2,24,29)(H,25,26)(H,30,31)/t14-,16-,17?/m0/s1. The number of piperidine rings is 1. The number of halogens is 1. The van der Waals surface area contributed by atoms with Gasteiger partial charge in [-0.2, -0.15) is 10.4 Å². The van der Waals surface area contributed by atoms with Crippen molar-refractivity contribution in [1.82, 2.24) is 14.7 Å². The minimum absolute atomic E-state index is 0.119. The quantitative estimate of drug-likeness (QED) is 0.683. The number of anilines is 2. The maximum Gasteiger partial charge on any atom is 0.407 e. The molecule has 164 valence electrons. The van der Waals surface area contributed by atoms with Crippen LogP contribution in [0.5, 0.6) is 0 Å². The van der Waals surface area contributed by atoms with Crippen molar-refractivity contribution in [3.63, 3.8) is 0 Å². The molecule has 0 spiro atoms. The molecule has 1 fully saturated rings. The van der Waals surface area contributed by atoms with Crippen molar-refractivity contribution in [1.29, 1.82) is 5.26 Å². The molecular weight excluding hydrogens is 403 g/mol. The Balaban J connectivity index is 1.99. The SMILES string of the molecule is CC(C)(C)C1[C@@H](C#N)[C@@H](n2cc(C(N)=O)c(Nc3ccc(F)cc3)n2)CCN1C(=O)O. The number of likely N-dealkylation sites (tertiary alicyclic amines) is 1. The normalized spacial score (nSPS) is 21.4. The summed E-state index contributed by atoms with van der Waals surface area (Å²) >= 11 is 0. The van der Waals surface area contributed by atoms with Crippen LogP contribution in [-0.2, 0) is 0 Å². The summed E-state index contributed by atoms with van der Waals surface area (Å²) < 4.78 is 14.7. The van der Waals surface area contributed by atoms with E-state index in [0.717, 1.165) is 0 Å². The number of primary amides is 1. The lowest BCUT2D eigenvalue weighted by molar-refractivity contribution is 0.0153. The molecule has 1 aliphatic heterocycles. The van der Waals surface area contributed by atoms with Crippen molar-refractivity contribution in [3.05, 3.63) is 41.8 Å². The first-order valence-electron chi connectivity index (χ1n) is 9.83. The Kier molecular flexibility index (Phi) is 5.88. The molecule has 2 amide bonds. The van der Waals surface area contributed by atoms with Gasteiger partial charge in [0.1, 0.15) is 11.4 Å². The second kappa shape index (κ2) is 8.26. The van der Waals surface area contributed by atoms with Crippen LogP contribution in [-0.4, -0.2) is 44.4 Å². The van der Waals surface area contributed by atoms with Gasteiger partial charge in [0.2, 0.25) is 0 Å². The molecule has 2 heterocycles. The van der Waals surface area contributed by atoms with E-state index in [2.05, 4.69) is 16.5 Å². The summed E-state index contributed by atoms with van der Waals surface area (Å²) in [5.41, 5.74) is 5.66. The summed E-state index contributed by atoms with van der Waals surface area (Å²) in [6, 6.07) is 6.78. The number of benzene rings is 1. The third-order valence-corrected chi connectivity index (χ3v) is 5.48. The Hall–Kier alpha value is -3.61. The number of amides is 2. The first-order valence-corrected chi connectivity index (χ1v) is 9.83. The number of rotatable bonds is 4. The van der Waals surface area contributed by atoms with Crippen LogP contribution in [0, 0.1) is 28.5 Å². The smallest absolute Gasteiger partial charge is 0.407 e. The summed E-state index contributed by atoms with van der Waals surface area (Å²) in [7, 11) is 0. The van der Waals surface area contributed by atoms with Gasteiger partial charge >= 0.3 is 6.09 Å². The Morgan fingerprint density at radius 1 is 1.32 bits per heavy atom. The van der Waals surface area contributed by atoms with Crippen molar-refractivity contribution in [3.8, 4) is 6.07 Å². The molecule has 0 aliphatic carbocycles. The van der Waals surface area contributed by atoms with E-state index in [9.17, 15) is 24.3 Å². The van der Waals surface area contributed by atoms with Gasteiger partial charge in [-0.05, 0) is 36.1 Å². The first-order chi connectivity index (χ1) is 14.5. The van der Waals surface area contributed by atoms with Gasteiger partial charge in [-0.15, -0.1) is 0 Å². The zero-order valence-corrected chi connectivity index (χ0v) is 17.5. The third kappa shape index (κ3) is 4.45. The van der Waals surface area contributed by atoms with E-state index in [4.69, 9.17) is 5.73 Å². The average molecular weight is 428 g/mol. The van der Waals surface area contributed by atoms with Gasteiger partial charge in [0, 0.05) is 18.4 Å². The first kappa shape index (κ1) is 22.1. The molecule has 0 saturated carbocycles. The van der Waals surface area contributed by atoms with Crippen LogP contribution in [0.4, 0.5) is 20.7 Å². The molecular formula is C21H25FN6O3. The lowest BCUT2D eigenvalue weighted by Gasteiger charge is -2.47. The lowest BCUT2D eigenvalue weighted by atomic mass is 9.72. The van der Waals surface area contributed by atoms with Crippen LogP contribution in [0.25, 0.3) is 0 Å². The predicted molar refractivity (Wildman–Crippen MR) is 111 cm³/mol. The molecule has 4 N–H and O–H groups in total. The molecule has 0 radical (unpaired) electrons. The van der Waals surface area contributed by atoms with E-state index in [0.29, 0.717) is 12.1 Å². The van der Waals surface area contributed by atoms with Crippen LogP contribution in [0.3, 0.4) is 0 Å². The maximum atomic E-state index is 13.2. The van der Waals surface area contributed by atoms with Gasteiger partial charge in [0.25, 0.3) is 5.91 Å². The molecule has 1 aromatic carbocycles. The fraction of sp³-hybridized carbons (Fsp3) is 0.429. The van der Waals surface area contributed by atoms with Crippen LogP contribution >= 0.6 is 0 Å². The van der Waals surface area contributed by atoms with Crippen LogP contribution < -0.4 is 11.1 Å². The highest BCUT2D eigenvalue weighted by Crippen LogP contribution is 2.41. The van der Waals surface area contributed by atoms with E-state index >= 15 is 0 Å². The zero-order chi connectivity index (χ0) is 22.9. The Morgan fingerprint density at radius 3 is 2.48 bits per heavy atom. The number of hydrogen-bond acceptors (Lipinski definition) is 5. The number of aromatic nitrogens is 2. The van der Waals surface area contributed by atoms with Gasteiger partial charge in [0.05, 0.1) is 24.1 Å². The van der Waals surface area contributed by atoms with Gasteiger partial charge in [-0.1, -0.05) is 20.8 Å². The summed E-state index contributed by atoms with van der Waals surface area (Å²) in [4.78, 5) is 25.1. The van der Waals surface area contributed by atoms with Crippen LogP contribution in [0.2, 0.25) is 0 Å². The molecule has 3 rings (SSSR count). The number of nitrogens with one attached hydrogen (secondary N) is 1. The monoisotopic (exact) mass is 428 g/mol. The second-order valence-electron chi connectivity index (χ2n) is 8.67. The molecule has 0 bridgehead atoms. The van der Waals surface area contributed by atoms with Gasteiger partial charge < -0.3 is 21.1 Å². The molecule has 1 unspecified atom stereocenters. The Labute approximate surface area is 179 Å². The average Bonchev–Trinajstić information content (AvgIpc) is 3.11. The number of carboxylic acid groups (broad SMARTS) is 1. The highest BCUT2D eigenvalue weighted by Gasteiger charge is 2.47. The topological polar surface area (TPSA) is 137 Å². The van der Waals surface area contributed by atoms with Crippen molar-refractivity contribution < 1.29 is 19.1 Å². The van der Waals surface area contributed by atoms with Crippen LogP contribution in [0.15, 0.2) is 30.5 Å². The number of nitrogens with two attached hydrogens (primary N) is 1. The highest BCUT2D eigenvalue weighted by atomic mass is 19.1. The molecule has 1 aliphatic rings. The highest BCUT2D eigenvalue weighted by molar-refractivity contribution is 5.98. The van der Waals surface area contributed by atoms with Crippen LogP contribution in [0.1, 0.15) is 43.6 Å². The molecule has 10 heteroatoms. The van der Waals surface area contributed by atoms with Crippen molar-refractivity contribution in [2.24, 2.45) is 17.1 Å². The molecule has 3 atom stereocenters. The zero-order valence-electron chi connectivity index (χ0n) is 17.5. The van der Waals surface area contributed by atoms with Gasteiger partial charge in [-0.3, -0.25) is 9.48 Å². The fourth-order valence-corrected chi connectivity index (χ4v) is 4.17. The van der Waals surface area contributed by atoms with E-state index in [1.54, 1.807) is 0 Å². The van der Waals surface area contributed by atoms with E-state index in [1.807, 2.05) is 20.8 Å². The lowest BCUT2D eigenvalue weighted by Crippen LogP contribution is -2.56. The minimum Gasteiger partial charge on any atom is -0.465 e. The van der Waals surface area contributed by atoms with E-state index in [-0.39, 0.29) is 17.9 Å². The molecule has 9 nitrogen and oxygen atoms in total. The fourth-order valence-electron chi connectivity index (χ4n) is 4.17. The Bertz CT molecular complexity index is 1020. The second-order valence-corrected chi connectivity index (χ2v) is 8.67. The van der Waals surface area contributed by atoms with E-state index < -0.39 is 41.2 Å². The van der Waals surface area contributed by atoms with Crippen molar-refractivity contribution in [2.45, 2.75) is 39.3 Å². The predicted octanol–water partition coefficient (Wildman–Crippen LogP) is 3.34. The molecule has 31 heavy (non-hydrogen) atoms. The molecule has 2 aromatic rings. The number of nitriles is 1. The van der Waals surface area contributed by atoms with Gasteiger partial charge in [0.15, 0.2) is 5.82 Å². The number of hydrogen-bond donors (Lipinski definition) is 3.